The van der Waals surface area contributed by atoms with Crippen molar-refractivity contribution >= 4 is 10.8 Å². The average Bonchev–Trinajstić information content (AvgIpc) is 2.51. The molecule has 3 rings (SSSR count). The number of hydrogen-bond acceptors (Lipinski definition) is 3. The third-order valence-electron chi connectivity index (χ3n) is 4.65. The van der Waals surface area contributed by atoms with E-state index < -0.39 is 0 Å². The maximum absolute atomic E-state index is 10.5. The molecule has 3 nitrogen and oxygen atoms in total. The number of rotatable bonds is 1. The molecule has 0 radical (unpaired) electrons. The van der Waals surface area contributed by atoms with Crippen molar-refractivity contribution in [2.75, 3.05) is 0 Å². The van der Waals surface area contributed by atoms with Crippen LogP contribution >= 0.6 is 0 Å². The molecule has 0 aliphatic heterocycles. The molecule has 3 aromatic rings. The summed E-state index contributed by atoms with van der Waals surface area (Å²) in [4.78, 5) is 0. The monoisotopic (exact) mass is 308 g/mol. The Labute approximate surface area is 135 Å². The zero-order chi connectivity index (χ0) is 16.9. The molecule has 0 aliphatic rings. The summed E-state index contributed by atoms with van der Waals surface area (Å²) >= 11 is 0. The second-order valence-corrected chi connectivity index (χ2v) is 6.16. The molecular formula is C20H20O3. The van der Waals surface area contributed by atoms with E-state index in [1.165, 1.54) is 0 Å². The van der Waals surface area contributed by atoms with E-state index in [1.807, 2.05) is 32.9 Å². The van der Waals surface area contributed by atoms with E-state index in [4.69, 9.17) is 0 Å². The van der Waals surface area contributed by atoms with Crippen LogP contribution in [0.2, 0.25) is 0 Å². The molecule has 0 aromatic heterocycles. The van der Waals surface area contributed by atoms with E-state index >= 15 is 0 Å². The average molecular weight is 308 g/mol. The van der Waals surface area contributed by atoms with Crippen LogP contribution in [0.4, 0.5) is 0 Å². The highest BCUT2D eigenvalue weighted by Gasteiger charge is 2.17. The van der Waals surface area contributed by atoms with Gasteiger partial charge in [-0.05, 0) is 84.7 Å². The molecule has 0 spiro atoms. The smallest absolute Gasteiger partial charge is 0.126 e. The molecule has 23 heavy (non-hydrogen) atoms. The molecule has 3 aromatic carbocycles. The van der Waals surface area contributed by atoms with Gasteiger partial charge in [0.25, 0.3) is 0 Å². The highest BCUT2D eigenvalue weighted by Crippen LogP contribution is 2.43. The van der Waals surface area contributed by atoms with Crippen molar-refractivity contribution in [1.29, 1.82) is 0 Å². The number of hydrogen-bond donors (Lipinski definition) is 3. The third kappa shape index (κ3) is 2.29. The lowest BCUT2D eigenvalue weighted by Crippen LogP contribution is -1.93. The standard InChI is InChI=1S/C20H20O3/c1-10-5-6-14(8-17(10)21)19-12(3)13(4)20(23)16-7-11(2)18(22)9-15(16)19/h5-9,21-23H,1-4H3. The summed E-state index contributed by atoms with van der Waals surface area (Å²) in [5, 5.41) is 32.1. The van der Waals surface area contributed by atoms with Crippen molar-refractivity contribution in [3.05, 3.63) is 52.6 Å². The summed E-state index contributed by atoms with van der Waals surface area (Å²) in [6.45, 7) is 7.48. The molecule has 3 heteroatoms. The van der Waals surface area contributed by atoms with Gasteiger partial charge in [-0.15, -0.1) is 0 Å². The normalized spacial score (nSPS) is 11.1. The van der Waals surface area contributed by atoms with Crippen molar-refractivity contribution in [3.63, 3.8) is 0 Å². The van der Waals surface area contributed by atoms with Crippen molar-refractivity contribution in [2.45, 2.75) is 27.7 Å². The first-order valence-corrected chi connectivity index (χ1v) is 7.56. The number of benzene rings is 3. The van der Waals surface area contributed by atoms with Crippen LogP contribution in [-0.2, 0) is 0 Å². The van der Waals surface area contributed by atoms with Crippen LogP contribution < -0.4 is 0 Å². The summed E-state index contributed by atoms with van der Waals surface area (Å²) in [6, 6.07) is 9.02. The van der Waals surface area contributed by atoms with Gasteiger partial charge < -0.3 is 15.3 Å². The number of fused-ring (bicyclic) bond motifs is 1. The zero-order valence-electron chi connectivity index (χ0n) is 13.7. The summed E-state index contributed by atoms with van der Waals surface area (Å²) in [7, 11) is 0. The zero-order valence-corrected chi connectivity index (χ0v) is 13.7. The van der Waals surface area contributed by atoms with Gasteiger partial charge in [0, 0.05) is 5.39 Å². The third-order valence-corrected chi connectivity index (χ3v) is 4.65. The van der Waals surface area contributed by atoms with Crippen LogP contribution in [0.25, 0.3) is 21.9 Å². The first-order chi connectivity index (χ1) is 10.8. The van der Waals surface area contributed by atoms with E-state index in [0.29, 0.717) is 10.9 Å². The molecule has 0 saturated heterocycles. The first-order valence-electron chi connectivity index (χ1n) is 7.56. The number of phenolic OH excluding ortho intramolecular Hbond substituents is 3. The highest BCUT2D eigenvalue weighted by molar-refractivity contribution is 6.03. The van der Waals surface area contributed by atoms with Crippen LogP contribution in [-0.4, -0.2) is 15.3 Å². The van der Waals surface area contributed by atoms with Crippen LogP contribution in [0, 0.1) is 27.7 Å². The molecule has 118 valence electrons. The summed E-state index contributed by atoms with van der Waals surface area (Å²) in [6.07, 6.45) is 0. The Balaban J connectivity index is 2.48. The molecule has 0 fully saturated rings. The lowest BCUT2D eigenvalue weighted by Gasteiger charge is -2.17. The highest BCUT2D eigenvalue weighted by atomic mass is 16.3. The number of phenols is 3. The summed E-state index contributed by atoms with van der Waals surface area (Å²) < 4.78 is 0. The maximum Gasteiger partial charge on any atom is 0.126 e. The van der Waals surface area contributed by atoms with Crippen LogP contribution in [0.15, 0.2) is 30.3 Å². The molecule has 0 amide bonds. The van der Waals surface area contributed by atoms with Gasteiger partial charge in [-0.1, -0.05) is 12.1 Å². The van der Waals surface area contributed by atoms with Gasteiger partial charge >= 0.3 is 0 Å². The Hall–Kier alpha value is -2.68. The van der Waals surface area contributed by atoms with E-state index in [1.54, 1.807) is 25.1 Å². The second kappa shape index (κ2) is 5.20. The lowest BCUT2D eigenvalue weighted by atomic mass is 9.89. The largest absolute Gasteiger partial charge is 0.508 e. The Morgan fingerprint density at radius 2 is 1.30 bits per heavy atom. The van der Waals surface area contributed by atoms with Gasteiger partial charge in [0.15, 0.2) is 0 Å². The first kappa shape index (κ1) is 15.2. The van der Waals surface area contributed by atoms with Crippen LogP contribution in [0.5, 0.6) is 17.2 Å². The molecule has 0 bridgehead atoms. The van der Waals surface area contributed by atoms with Gasteiger partial charge in [0.2, 0.25) is 0 Å². The van der Waals surface area contributed by atoms with Crippen molar-refractivity contribution < 1.29 is 15.3 Å². The molecule has 3 N–H and O–H groups in total. The fourth-order valence-electron chi connectivity index (χ4n) is 3.01. The second-order valence-electron chi connectivity index (χ2n) is 6.16. The Morgan fingerprint density at radius 1 is 0.652 bits per heavy atom. The molecule has 0 unspecified atom stereocenters. The van der Waals surface area contributed by atoms with Gasteiger partial charge in [-0.2, -0.15) is 0 Å². The molecule has 0 saturated carbocycles. The van der Waals surface area contributed by atoms with Crippen LogP contribution in [0.3, 0.4) is 0 Å². The maximum atomic E-state index is 10.5. The fraction of sp³-hybridized carbons (Fsp3) is 0.200. The van der Waals surface area contributed by atoms with Crippen molar-refractivity contribution in [3.8, 4) is 28.4 Å². The SMILES string of the molecule is Cc1ccc(-c2c(C)c(C)c(O)c3cc(C)c(O)cc23)cc1O. The quantitative estimate of drug-likeness (QED) is 0.602. The summed E-state index contributed by atoms with van der Waals surface area (Å²) in [5.41, 5.74) is 5.04. The predicted molar refractivity (Wildman–Crippen MR) is 93.3 cm³/mol. The minimum Gasteiger partial charge on any atom is -0.508 e. The minimum atomic E-state index is 0.192. The molecule has 0 aliphatic carbocycles. The van der Waals surface area contributed by atoms with Gasteiger partial charge in [-0.3, -0.25) is 0 Å². The number of aromatic hydroxyl groups is 3. The fourth-order valence-corrected chi connectivity index (χ4v) is 3.01. The van der Waals surface area contributed by atoms with Gasteiger partial charge in [-0.25, -0.2) is 0 Å². The van der Waals surface area contributed by atoms with E-state index in [2.05, 4.69) is 0 Å². The Morgan fingerprint density at radius 3 is 1.96 bits per heavy atom. The van der Waals surface area contributed by atoms with Crippen LogP contribution in [0.1, 0.15) is 22.3 Å². The number of aryl methyl sites for hydroxylation is 2. The van der Waals surface area contributed by atoms with E-state index in [9.17, 15) is 15.3 Å². The van der Waals surface area contributed by atoms with Crippen molar-refractivity contribution in [1.82, 2.24) is 0 Å². The van der Waals surface area contributed by atoms with Gasteiger partial charge in [0.1, 0.15) is 17.2 Å². The Kier molecular flexibility index (Phi) is 3.44. The minimum absolute atomic E-state index is 0.192. The summed E-state index contributed by atoms with van der Waals surface area (Å²) in [5.74, 6) is 0.663. The van der Waals surface area contributed by atoms with Crippen molar-refractivity contribution in [2.24, 2.45) is 0 Å². The van der Waals surface area contributed by atoms with Gasteiger partial charge in [0.05, 0.1) is 0 Å². The lowest BCUT2D eigenvalue weighted by molar-refractivity contribution is 0.470. The topological polar surface area (TPSA) is 60.7 Å². The molecular weight excluding hydrogens is 288 g/mol. The Bertz CT molecular complexity index is 940. The predicted octanol–water partition coefficient (Wildman–Crippen LogP) is 4.86. The van der Waals surface area contributed by atoms with E-state index in [-0.39, 0.29) is 17.2 Å². The molecule has 0 atom stereocenters. The molecule has 0 heterocycles. The van der Waals surface area contributed by atoms with E-state index in [0.717, 1.165) is 33.2 Å².